The van der Waals surface area contributed by atoms with Crippen LogP contribution < -0.4 is 14.2 Å². The van der Waals surface area contributed by atoms with Crippen LogP contribution in [0.1, 0.15) is 33.1 Å². The zero-order valence-electron chi connectivity index (χ0n) is 17.1. The van der Waals surface area contributed by atoms with E-state index in [0.29, 0.717) is 49.6 Å². The van der Waals surface area contributed by atoms with Crippen molar-refractivity contribution < 1.29 is 28.9 Å². The molecule has 1 aromatic rings. The number of hydrogen-bond donors (Lipinski definition) is 1. The molecule has 28 heavy (non-hydrogen) atoms. The van der Waals surface area contributed by atoms with Gasteiger partial charge in [0.05, 0.1) is 32.1 Å². The van der Waals surface area contributed by atoms with Crippen molar-refractivity contribution in [3.8, 4) is 17.2 Å². The van der Waals surface area contributed by atoms with Crippen molar-refractivity contribution in [2.24, 2.45) is 5.92 Å². The number of thioether (sulfide) groups is 1. The Hall–Kier alpha value is -2.09. The summed E-state index contributed by atoms with van der Waals surface area (Å²) in [7, 11) is 4.75. The van der Waals surface area contributed by atoms with Crippen LogP contribution in [0.2, 0.25) is 0 Å². The highest BCUT2D eigenvalue weighted by atomic mass is 32.2. The first kappa shape index (κ1) is 22.2. The van der Waals surface area contributed by atoms with Crippen LogP contribution in [-0.2, 0) is 9.59 Å². The number of carboxylic acid groups (broad SMARTS) is 1. The number of amides is 1. The molecule has 0 spiro atoms. The number of carbonyl (C=O) groups is 2. The van der Waals surface area contributed by atoms with Gasteiger partial charge in [0.15, 0.2) is 0 Å². The largest absolute Gasteiger partial charge is 0.496 e. The van der Waals surface area contributed by atoms with Gasteiger partial charge >= 0.3 is 5.97 Å². The van der Waals surface area contributed by atoms with E-state index in [2.05, 4.69) is 0 Å². The Kier molecular flexibility index (Phi) is 7.46. The standard InChI is InChI=1S/C20H29NO6S/c1-20(2,12-17(22)21-8-6-13(7-9-21)19(23)24)28-18-15(26-4)10-14(25-3)11-16(18)27-5/h10-11,13H,6-9,12H2,1-5H3,(H,23,24). The number of likely N-dealkylation sites (tertiary alicyclic amines) is 1. The first-order valence-electron chi connectivity index (χ1n) is 9.20. The van der Waals surface area contributed by atoms with E-state index in [1.807, 2.05) is 13.8 Å². The molecular weight excluding hydrogens is 382 g/mol. The number of piperidine rings is 1. The summed E-state index contributed by atoms with van der Waals surface area (Å²) in [6.45, 7) is 4.99. The number of benzene rings is 1. The van der Waals surface area contributed by atoms with Gasteiger partial charge in [0.1, 0.15) is 17.2 Å². The topological polar surface area (TPSA) is 85.3 Å². The number of aliphatic carboxylic acids is 1. The second-order valence-electron chi connectivity index (χ2n) is 7.39. The second-order valence-corrected chi connectivity index (χ2v) is 9.11. The normalized spacial score (nSPS) is 15.2. The minimum Gasteiger partial charge on any atom is -0.496 e. The van der Waals surface area contributed by atoms with Gasteiger partial charge in [-0.2, -0.15) is 0 Å². The smallest absolute Gasteiger partial charge is 0.306 e. The predicted octanol–water partition coefficient (Wildman–Crippen LogP) is 3.30. The minimum atomic E-state index is -0.776. The number of carbonyl (C=O) groups excluding carboxylic acids is 1. The number of rotatable bonds is 8. The first-order valence-corrected chi connectivity index (χ1v) is 10.0. The van der Waals surface area contributed by atoms with Crippen LogP contribution in [0.15, 0.2) is 17.0 Å². The fourth-order valence-electron chi connectivity index (χ4n) is 3.24. The average Bonchev–Trinajstić information content (AvgIpc) is 2.67. The van der Waals surface area contributed by atoms with Gasteiger partial charge in [0, 0.05) is 36.4 Å². The lowest BCUT2D eigenvalue weighted by Crippen LogP contribution is -2.42. The third kappa shape index (κ3) is 5.47. The highest BCUT2D eigenvalue weighted by molar-refractivity contribution is 8.00. The lowest BCUT2D eigenvalue weighted by Gasteiger charge is -2.33. The molecule has 1 fully saturated rings. The first-order chi connectivity index (χ1) is 13.2. The van der Waals surface area contributed by atoms with E-state index in [-0.39, 0.29) is 11.8 Å². The van der Waals surface area contributed by atoms with Crippen LogP contribution in [0, 0.1) is 5.92 Å². The van der Waals surface area contributed by atoms with Crippen molar-refractivity contribution >= 4 is 23.6 Å². The van der Waals surface area contributed by atoms with Gasteiger partial charge in [-0.05, 0) is 26.7 Å². The summed E-state index contributed by atoms with van der Waals surface area (Å²) < 4.78 is 15.9. The summed E-state index contributed by atoms with van der Waals surface area (Å²) in [4.78, 5) is 26.4. The molecule has 0 saturated carbocycles. The lowest BCUT2D eigenvalue weighted by atomic mass is 9.96. The van der Waals surface area contributed by atoms with Crippen molar-refractivity contribution in [2.45, 2.75) is 42.8 Å². The van der Waals surface area contributed by atoms with Crippen molar-refractivity contribution in [1.82, 2.24) is 4.90 Å². The van der Waals surface area contributed by atoms with Crippen LogP contribution in [-0.4, -0.2) is 61.0 Å². The summed E-state index contributed by atoms with van der Waals surface area (Å²) >= 11 is 1.52. The van der Waals surface area contributed by atoms with Gasteiger partial charge in [0.25, 0.3) is 0 Å². The van der Waals surface area contributed by atoms with Crippen molar-refractivity contribution in [3.05, 3.63) is 12.1 Å². The SMILES string of the molecule is COc1cc(OC)c(SC(C)(C)CC(=O)N2CCC(C(=O)O)CC2)c(OC)c1. The monoisotopic (exact) mass is 411 g/mol. The van der Waals surface area contributed by atoms with Gasteiger partial charge in [-0.1, -0.05) is 0 Å². The molecule has 1 aliphatic heterocycles. The fourth-order valence-corrected chi connectivity index (χ4v) is 4.47. The Labute approximate surface area is 170 Å². The van der Waals surface area contributed by atoms with Crippen LogP contribution in [0.25, 0.3) is 0 Å². The molecule has 0 radical (unpaired) electrons. The molecule has 1 N–H and O–H groups in total. The Bertz CT molecular complexity index is 688. The third-order valence-corrected chi connectivity index (χ3v) is 6.13. The summed E-state index contributed by atoms with van der Waals surface area (Å²) in [5, 5.41) is 9.11. The molecule has 7 nitrogen and oxygen atoms in total. The molecule has 2 rings (SSSR count). The van der Waals surface area contributed by atoms with E-state index >= 15 is 0 Å². The molecule has 1 aromatic carbocycles. The zero-order chi connectivity index (χ0) is 20.9. The second kappa shape index (κ2) is 9.41. The number of carboxylic acids is 1. The van der Waals surface area contributed by atoms with E-state index < -0.39 is 10.7 Å². The lowest BCUT2D eigenvalue weighted by molar-refractivity contribution is -0.145. The van der Waals surface area contributed by atoms with E-state index in [0.717, 1.165) is 4.90 Å². The number of hydrogen-bond acceptors (Lipinski definition) is 6. The van der Waals surface area contributed by atoms with Gasteiger partial charge in [-0.3, -0.25) is 9.59 Å². The van der Waals surface area contributed by atoms with Gasteiger partial charge in [0.2, 0.25) is 5.91 Å². The highest BCUT2D eigenvalue weighted by Gasteiger charge is 2.32. The molecule has 0 unspecified atom stereocenters. The Morgan fingerprint density at radius 2 is 1.64 bits per heavy atom. The van der Waals surface area contributed by atoms with Crippen molar-refractivity contribution in [3.63, 3.8) is 0 Å². The quantitative estimate of drug-likeness (QED) is 0.657. The van der Waals surface area contributed by atoms with Crippen LogP contribution >= 0.6 is 11.8 Å². The number of methoxy groups -OCH3 is 3. The molecular formula is C20H29NO6S. The van der Waals surface area contributed by atoms with E-state index in [9.17, 15) is 9.59 Å². The number of ether oxygens (including phenoxy) is 3. The van der Waals surface area contributed by atoms with Crippen molar-refractivity contribution in [1.29, 1.82) is 0 Å². The third-order valence-electron chi connectivity index (χ3n) is 4.82. The van der Waals surface area contributed by atoms with Gasteiger partial charge in [-0.25, -0.2) is 0 Å². The van der Waals surface area contributed by atoms with Gasteiger partial charge in [-0.15, -0.1) is 11.8 Å². The molecule has 0 aromatic heterocycles. The number of nitrogens with zero attached hydrogens (tertiary/aromatic N) is 1. The molecule has 1 saturated heterocycles. The summed E-state index contributed by atoms with van der Waals surface area (Å²) in [5.41, 5.74) is 0. The highest BCUT2D eigenvalue weighted by Crippen LogP contribution is 2.47. The van der Waals surface area contributed by atoms with Crippen LogP contribution in [0.4, 0.5) is 0 Å². The molecule has 8 heteroatoms. The summed E-state index contributed by atoms with van der Waals surface area (Å²) in [6, 6.07) is 3.58. The summed E-state index contributed by atoms with van der Waals surface area (Å²) in [5.74, 6) is 0.801. The molecule has 1 heterocycles. The Morgan fingerprint density at radius 3 is 2.07 bits per heavy atom. The van der Waals surface area contributed by atoms with Gasteiger partial charge < -0.3 is 24.2 Å². The Morgan fingerprint density at radius 1 is 1.11 bits per heavy atom. The minimum absolute atomic E-state index is 0.0350. The molecule has 156 valence electrons. The average molecular weight is 412 g/mol. The maximum atomic E-state index is 12.8. The summed E-state index contributed by atoms with van der Waals surface area (Å²) in [6.07, 6.45) is 1.34. The van der Waals surface area contributed by atoms with Crippen LogP contribution in [0.5, 0.6) is 17.2 Å². The molecule has 0 bridgehead atoms. The molecule has 0 aliphatic carbocycles. The molecule has 1 aliphatic rings. The zero-order valence-corrected chi connectivity index (χ0v) is 17.9. The van der Waals surface area contributed by atoms with E-state index in [1.165, 1.54) is 11.8 Å². The Balaban J connectivity index is 2.09. The fraction of sp³-hybridized carbons (Fsp3) is 0.600. The predicted molar refractivity (Wildman–Crippen MR) is 108 cm³/mol. The maximum absolute atomic E-state index is 12.8. The molecule has 1 amide bonds. The van der Waals surface area contributed by atoms with Crippen molar-refractivity contribution in [2.75, 3.05) is 34.4 Å². The van der Waals surface area contributed by atoms with Crippen LogP contribution in [0.3, 0.4) is 0 Å². The van der Waals surface area contributed by atoms with E-state index in [4.69, 9.17) is 19.3 Å². The molecule has 0 atom stereocenters. The van der Waals surface area contributed by atoms with E-state index in [1.54, 1.807) is 38.4 Å². The maximum Gasteiger partial charge on any atom is 0.306 e.